The van der Waals surface area contributed by atoms with Gasteiger partial charge in [0, 0.05) is 28.6 Å². The third-order valence-corrected chi connectivity index (χ3v) is 4.61. The van der Waals surface area contributed by atoms with Gasteiger partial charge < -0.3 is 10.0 Å². The van der Waals surface area contributed by atoms with Crippen molar-refractivity contribution in [2.24, 2.45) is 0 Å². The molecule has 1 aliphatic rings. The number of hydrogen-bond acceptors (Lipinski definition) is 4. The molecule has 1 heterocycles. The lowest BCUT2D eigenvalue weighted by Gasteiger charge is -2.37. The number of aliphatic carboxylic acids is 1. The Labute approximate surface area is 124 Å². The monoisotopic (exact) mass is 340 g/mol. The predicted octanol–water partition coefficient (Wildman–Crippen LogP) is 2.72. The molecule has 0 bridgehead atoms. The van der Waals surface area contributed by atoms with E-state index < -0.39 is 5.97 Å². The molecule has 0 spiro atoms. The van der Waals surface area contributed by atoms with Gasteiger partial charge in [0.1, 0.15) is 6.07 Å². The Hall–Kier alpha value is -1.19. The van der Waals surface area contributed by atoms with Crippen molar-refractivity contribution in [3.63, 3.8) is 0 Å². The van der Waals surface area contributed by atoms with Gasteiger partial charge in [0.2, 0.25) is 0 Å². The molecule has 19 heavy (non-hydrogen) atoms. The first kappa shape index (κ1) is 14.2. The van der Waals surface area contributed by atoms with Crippen LogP contribution in [0.15, 0.2) is 22.7 Å². The lowest BCUT2D eigenvalue weighted by Crippen LogP contribution is -2.44. The smallest absolute Gasteiger partial charge is 0.305 e. The van der Waals surface area contributed by atoms with Gasteiger partial charge in [-0.3, -0.25) is 4.79 Å². The maximum Gasteiger partial charge on any atom is 0.305 e. The normalized spacial score (nSPS) is 18.9. The average molecular weight is 341 g/mol. The van der Waals surface area contributed by atoms with Crippen molar-refractivity contribution < 1.29 is 9.90 Å². The molecule has 0 amide bonds. The molecular weight excluding hydrogens is 328 g/mol. The molecule has 100 valence electrons. The predicted molar refractivity (Wildman–Crippen MR) is 79.6 cm³/mol. The van der Waals surface area contributed by atoms with Gasteiger partial charge in [0.05, 0.1) is 17.7 Å². The van der Waals surface area contributed by atoms with E-state index in [1.165, 1.54) is 0 Å². The number of thioether (sulfide) groups is 1. The van der Waals surface area contributed by atoms with Crippen molar-refractivity contribution in [2.75, 3.05) is 23.0 Å². The van der Waals surface area contributed by atoms with Crippen molar-refractivity contribution in [1.29, 1.82) is 5.26 Å². The van der Waals surface area contributed by atoms with Crippen molar-refractivity contribution in [3.8, 4) is 6.07 Å². The topological polar surface area (TPSA) is 64.3 Å². The van der Waals surface area contributed by atoms with Crippen molar-refractivity contribution >= 4 is 39.3 Å². The Morgan fingerprint density at radius 2 is 2.42 bits per heavy atom. The largest absolute Gasteiger partial charge is 0.481 e. The van der Waals surface area contributed by atoms with Crippen LogP contribution in [-0.2, 0) is 4.79 Å². The number of anilines is 1. The van der Waals surface area contributed by atoms with E-state index in [2.05, 4.69) is 26.9 Å². The van der Waals surface area contributed by atoms with E-state index in [4.69, 9.17) is 5.11 Å². The molecule has 1 N–H and O–H groups in total. The summed E-state index contributed by atoms with van der Waals surface area (Å²) in [4.78, 5) is 13.0. The number of carbonyl (C=O) groups is 1. The first-order valence-electron chi connectivity index (χ1n) is 5.87. The third kappa shape index (κ3) is 3.43. The minimum absolute atomic E-state index is 0.0514. The zero-order chi connectivity index (χ0) is 13.8. The van der Waals surface area contributed by atoms with Crippen LogP contribution in [0.25, 0.3) is 0 Å². The quantitative estimate of drug-likeness (QED) is 0.916. The summed E-state index contributed by atoms with van der Waals surface area (Å²) >= 11 is 5.11. The van der Waals surface area contributed by atoms with E-state index >= 15 is 0 Å². The van der Waals surface area contributed by atoms with E-state index in [-0.39, 0.29) is 12.5 Å². The van der Waals surface area contributed by atoms with Gasteiger partial charge in [-0.2, -0.15) is 17.0 Å². The van der Waals surface area contributed by atoms with Crippen LogP contribution in [-0.4, -0.2) is 35.2 Å². The fourth-order valence-corrected chi connectivity index (χ4v) is 3.61. The zero-order valence-electron chi connectivity index (χ0n) is 10.2. The molecule has 1 saturated heterocycles. The Morgan fingerprint density at radius 3 is 3.11 bits per heavy atom. The van der Waals surface area contributed by atoms with Crippen LogP contribution >= 0.6 is 27.7 Å². The minimum Gasteiger partial charge on any atom is -0.481 e. The van der Waals surface area contributed by atoms with E-state index in [0.29, 0.717) is 5.56 Å². The fourth-order valence-electron chi connectivity index (χ4n) is 2.19. The lowest BCUT2D eigenvalue weighted by atomic mass is 10.1. The van der Waals surface area contributed by atoms with E-state index in [1.54, 1.807) is 17.8 Å². The van der Waals surface area contributed by atoms with Crippen molar-refractivity contribution in [3.05, 3.63) is 28.2 Å². The summed E-state index contributed by atoms with van der Waals surface area (Å²) in [7, 11) is 0. The summed E-state index contributed by atoms with van der Waals surface area (Å²) in [6.45, 7) is 0.777. The van der Waals surface area contributed by atoms with Crippen molar-refractivity contribution in [1.82, 2.24) is 0 Å². The molecule has 1 fully saturated rings. The molecule has 1 aromatic rings. The number of nitrogens with zero attached hydrogens (tertiary/aromatic N) is 2. The second-order valence-corrected chi connectivity index (χ2v) is 6.36. The number of carboxylic acids is 1. The number of rotatable bonds is 3. The molecular formula is C13H13BrN2O2S. The second-order valence-electron chi connectivity index (χ2n) is 4.29. The summed E-state index contributed by atoms with van der Waals surface area (Å²) in [6.07, 6.45) is 0.105. The highest BCUT2D eigenvalue weighted by molar-refractivity contribution is 9.10. The highest BCUT2D eigenvalue weighted by Crippen LogP contribution is 2.30. The number of halogens is 1. The van der Waals surface area contributed by atoms with Crippen molar-refractivity contribution in [2.45, 2.75) is 12.5 Å². The molecule has 1 aliphatic heterocycles. The summed E-state index contributed by atoms with van der Waals surface area (Å²) in [6, 6.07) is 7.67. The number of carboxylic acid groups (broad SMARTS) is 1. The Kier molecular flexibility index (Phi) is 4.72. The van der Waals surface area contributed by atoms with Gasteiger partial charge in [-0.1, -0.05) is 15.9 Å². The number of benzene rings is 1. The van der Waals surface area contributed by atoms with E-state index in [1.807, 2.05) is 12.1 Å². The SMILES string of the molecule is N#Cc1cc(Br)ccc1N1CCSCC1CC(=O)O. The minimum atomic E-state index is -0.798. The van der Waals surface area contributed by atoms with Crippen LogP contribution in [0.3, 0.4) is 0 Å². The number of hydrogen-bond donors (Lipinski definition) is 1. The first-order chi connectivity index (χ1) is 9.11. The zero-order valence-corrected chi connectivity index (χ0v) is 12.6. The summed E-state index contributed by atoms with van der Waals surface area (Å²) in [5, 5.41) is 18.2. The highest BCUT2D eigenvalue weighted by atomic mass is 79.9. The molecule has 1 aromatic carbocycles. The van der Waals surface area contributed by atoms with Crippen LogP contribution in [0.5, 0.6) is 0 Å². The van der Waals surface area contributed by atoms with Gasteiger partial charge in [-0.15, -0.1) is 0 Å². The van der Waals surface area contributed by atoms with Gasteiger partial charge in [-0.05, 0) is 18.2 Å². The van der Waals surface area contributed by atoms with Gasteiger partial charge >= 0.3 is 5.97 Å². The van der Waals surface area contributed by atoms with Crippen LogP contribution in [0.4, 0.5) is 5.69 Å². The molecule has 1 unspecified atom stereocenters. The molecule has 2 rings (SSSR count). The molecule has 0 aliphatic carbocycles. The fraction of sp³-hybridized carbons (Fsp3) is 0.385. The Balaban J connectivity index is 2.32. The second kappa shape index (κ2) is 6.31. The van der Waals surface area contributed by atoms with Crippen LogP contribution in [0.1, 0.15) is 12.0 Å². The van der Waals surface area contributed by atoms with Crippen LogP contribution in [0, 0.1) is 11.3 Å². The highest BCUT2D eigenvalue weighted by Gasteiger charge is 2.26. The summed E-state index contributed by atoms with van der Waals surface area (Å²) < 4.78 is 0.856. The standard InChI is InChI=1S/C13H13BrN2O2S/c14-10-1-2-12(9(5-10)7-15)16-3-4-19-8-11(16)6-13(17)18/h1-2,5,11H,3-4,6,8H2,(H,17,18). The van der Waals surface area contributed by atoms with Crippen LogP contribution in [0.2, 0.25) is 0 Å². The van der Waals surface area contributed by atoms with Crippen LogP contribution < -0.4 is 4.90 Å². The molecule has 1 atom stereocenters. The Bertz CT molecular complexity index is 530. The van der Waals surface area contributed by atoms with E-state index in [9.17, 15) is 10.1 Å². The molecule has 0 aromatic heterocycles. The molecule has 0 radical (unpaired) electrons. The molecule has 4 nitrogen and oxygen atoms in total. The summed E-state index contributed by atoms with van der Waals surface area (Å²) in [5.41, 5.74) is 1.41. The maximum absolute atomic E-state index is 10.9. The van der Waals surface area contributed by atoms with Gasteiger partial charge in [0.15, 0.2) is 0 Å². The average Bonchev–Trinajstić information content (AvgIpc) is 2.39. The number of nitriles is 1. The first-order valence-corrected chi connectivity index (χ1v) is 7.82. The van der Waals surface area contributed by atoms with Gasteiger partial charge in [0.25, 0.3) is 0 Å². The summed E-state index contributed by atoms with van der Waals surface area (Å²) in [5.74, 6) is 0.942. The maximum atomic E-state index is 10.9. The Morgan fingerprint density at radius 1 is 1.63 bits per heavy atom. The van der Waals surface area contributed by atoms with Gasteiger partial charge in [-0.25, -0.2) is 0 Å². The third-order valence-electron chi connectivity index (χ3n) is 3.03. The molecule has 0 saturated carbocycles. The van der Waals surface area contributed by atoms with E-state index in [0.717, 1.165) is 28.2 Å². The lowest BCUT2D eigenvalue weighted by molar-refractivity contribution is -0.137. The molecule has 6 heteroatoms.